The lowest BCUT2D eigenvalue weighted by Crippen LogP contribution is -2.16. The average Bonchev–Trinajstić information content (AvgIpc) is 2.39. The summed E-state index contributed by atoms with van der Waals surface area (Å²) < 4.78 is 26.3. The zero-order chi connectivity index (χ0) is 13.9. The lowest BCUT2D eigenvalue weighted by atomic mass is 10.2. The molecule has 9 heteroatoms. The van der Waals surface area contributed by atoms with Gasteiger partial charge < -0.3 is 0 Å². The fraction of sp³-hybridized carbons (Fsp3) is 0. The van der Waals surface area contributed by atoms with Gasteiger partial charge >= 0.3 is 0 Å². The monoisotopic (exact) mass is 295 g/mol. The van der Waals surface area contributed by atoms with Crippen molar-refractivity contribution in [3.05, 3.63) is 41.2 Å². The van der Waals surface area contributed by atoms with Crippen molar-refractivity contribution in [2.75, 3.05) is 4.72 Å². The SMILES string of the molecule is N#Cc1ccc(Cl)c(S(=O)(=O)Nc2nccnn2)c1. The molecule has 1 aromatic carbocycles. The van der Waals surface area contributed by atoms with Crippen LogP contribution in [0.15, 0.2) is 35.5 Å². The molecule has 0 aliphatic rings. The van der Waals surface area contributed by atoms with E-state index in [2.05, 4.69) is 19.9 Å². The zero-order valence-electron chi connectivity index (χ0n) is 9.28. The summed E-state index contributed by atoms with van der Waals surface area (Å²) in [6.07, 6.45) is 2.60. The highest BCUT2D eigenvalue weighted by Gasteiger charge is 2.19. The van der Waals surface area contributed by atoms with Gasteiger partial charge in [-0.05, 0) is 18.2 Å². The summed E-state index contributed by atoms with van der Waals surface area (Å²) in [5.74, 6) is -0.180. The first-order valence-corrected chi connectivity index (χ1v) is 6.75. The molecule has 96 valence electrons. The number of nitriles is 1. The first kappa shape index (κ1) is 13.2. The third kappa shape index (κ3) is 2.96. The van der Waals surface area contributed by atoms with Gasteiger partial charge in [-0.2, -0.15) is 10.4 Å². The first-order chi connectivity index (χ1) is 9.03. The Morgan fingerprint density at radius 1 is 1.32 bits per heavy atom. The van der Waals surface area contributed by atoms with Gasteiger partial charge in [0, 0.05) is 0 Å². The number of benzene rings is 1. The molecule has 0 spiro atoms. The van der Waals surface area contributed by atoms with Crippen LogP contribution in [-0.4, -0.2) is 23.6 Å². The Hall–Kier alpha value is -2.24. The molecule has 0 fully saturated rings. The summed E-state index contributed by atoms with van der Waals surface area (Å²) in [4.78, 5) is 3.47. The minimum atomic E-state index is -3.97. The number of nitrogens with one attached hydrogen (secondary N) is 1. The van der Waals surface area contributed by atoms with Gasteiger partial charge in [0.25, 0.3) is 16.0 Å². The molecule has 2 aromatic rings. The van der Waals surface area contributed by atoms with Gasteiger partial charge in [0.2, 0.25) is 0 Å². The predicted octanol–water partition coefficient (Wildman–Crippen LogP) is 1.20. The highest BCUT2D eigenvalue weighted by atomic mass is 35.5. The predicted molar refractivity (Wildman–Crippen MR) is 66.8 cm³/mol. The Morgan fingerprint density at radius 3 is 2.74 bits per heavy atom. The van der Waals surface area contributed by atoms with E-state index in [9.17, 15) is 8.42 Å². The van der Waals surface area contributed by atoms with Crippen molar-refractivity contribution in [1.29, 1.82) is 5.26 Å². The lowest BCUT2D eigenvalue weighted by molar-refractivity contribution is 0.600. The molecule has 1 heterocycles. The number of sulfonamides is 1. The van der Waals surface area contributed by atoms with Crippen LogP contribution in [0.1, 0.15) is 5.56 Å². The Bertz CT molecular complexity index is 742. The summed E-state index contributed by atoms with van der Waals surface area (Å²) in [5, 5.41) is 15.8. The summed E-state index contributed by atoms with van der Waals surface area (Å²) >= 11 is 5.82. The van der Waals surface area contributed by atoms with Crippen LogP contribution in [0.2, 0.25) is 5.02 Å². The largest absolute Gasteiger partial charge is 0.265 e. The van der Waals surface area contributed by atoms with Gasteiger partial charge in [-0.15, -0.1) is 5.10 Å². The number of hydrogen-bond donors (Lipinski definition) is 1. The summed E-state index contributed by atoms with van der Waals surface area (Å²) in [7, 11) is -3.97. The molecule has 19 heavy (non-hydrogen) atoms. The summed E-state index contributed by atoms with van der Waals surface area (Å²) in [5.41, 5.74) is 0.178. The minimum Gasteiger partial charge on any atom is -0.246 e. The molecule has 0 aliphatic heterocycles. The molecular weight excluding hydrogens is 290 g/mol. The van der Waals surface area contributed by atoms with E-state index in [1.807, 2.05) is 6.07 Å². The Labute approximate surface area is 113 Å². The van der Waals surface area contributed by atoms with E-state index in [-0.39, 0.29) is 21.4 Å². The van der Waals surface area contributed by atoms with Crippen LogP contribution in [0.5, 0.6) is 0 Å². The van der Waals surface area contributed by atoms with Crippen LogP contribution >= 0.6 is 11.6 Å². The number of anilines is 1. The average molecular weight is 296 g/mol. The van der Waals surface area contributed by atoms with Gasteiger partial charge in [0.15, 0.2) is 0 Å². The molecule has 0 saturated heterocycles. The van der Waals surface area contributed by atoms with Gasteiger partial charge in [0.05, 0.1) is 29.0 Å². The van der Waals surface area contributed by atoms with Crippen LogP contribution in [0.25, 0.3) is 0 Å². The number of halogens is 1. The van der Waals surface area contributed by atoms with Crippen molar-refractivity contribution in [3.63, 3.8) is 0 Å². The van der Waals surface area contributed by atoms with Gasteiger partial charge in [-0.25, -0.2) is 18.1 Å². The fourth-order valence-electron chi connectivity index (χ4n) is 1.25. The van der Waals surface area contributed by atoms with E-state index in [1.54, 1.807) is 0 Å². The highest BCUT2D eigenvalue weighted by molar-refractivity contribution is 7.92. The van der Waals surface area contributed by atoms with Crippen LogP contribution < -0.4 is 4.72 Å². The molecule has 0 aliphatic carbocycles. The highest BCUT2D eigenvalue weighted by Crippen LogP contribution is 2.23. The third-order valence-corrected chi connectivity index (χ3v) is 3.87. The van der Waals surface area contributed by atoms with E-state index >= 15 is 0 Å². The molecule has 0 atom stereocenters. The number of aromatic nitrogens is 3. The first-order valence-electron chi connectivity index (χ1n) is 4.89. The number of nitrogens with zero attached hydrogens (tertiary/aromatic N) is 4. The fourth-order valence-corrected chi connectivity index (χ4v) is 2.72. The zero-order valence-corrected chi connectivity index (χ0v) is 10.9. The Morgan fingerprint density at radius 2 is 2.11 bits per heavy atom. The second-order valence-corrected chi connectivity index (χ2v) is 5.39. The minimum absolute atomic E-state index is 0.00427. The topological polar surface area (TPSA) is 109 Å². The van der Waals surface area contributed by atoms with Crippen LogP contribution in [-0.2, 0) is 10.0 Å². The lowest BCUT2D eigenvalue weighted by Gasteiger charge is -2.07. The van der Waals surface area contributed by atoms with Gasteiger partial charge in [-0.1, -0.05) is 11.6 Å². The molecular formula is C10H6ClN5O2S. The van der Waals surface area contributed by atoms with Crippen molar-refractivity contribution < 1.29 is 8.42 Å². The molecule has 0 amide bonds. The molecule has 0 unspecified atom stereocenters. The molecule has 1 aromatic heterocycles. The van der Waals surface area contributed by atoms with Crippen molar-refractivity contribution in [2.45, 2.75) is 4.90 Å². The van der Waals surface area contributed by atoms with Crippen LogP contribution in [0.3, 0.4) is 0 Å². The molecule has 1 N–H and O–H groups in total. The van der Waals surface area contributed by atoms with Gasteiger partial charge in [-0.3, -0.25) is 0 Å². The van der Waals surface area contributed by atoms with E-state index < -0.39 is 10.0 Å². The Balaban J connectivity index is 2.43. The second kappa shape index (κ2) is 5.17. The quantitative estimate of drug-likeness (QED) is 0.911. The summed E-state index contributed by atoms with van der Waals surface area (Å²) in [6.45, 7) is 0. The second-order valence-electron chi connectivity index (χ2n) is 3.33. The molecule has 0 saturated carbocycles. The maximum atomic E-state index is 12.1. The standard InChI is InChI=1S/C10H6ClN5O2S/c11-8-2-1-7(6-12)5-9(8)19(17,18)16-10-13-3-4-14-15-10/h1-5H,(H,13,15,16). The van der Waals surface area contributed by atoms with E-state index in [0.29, 0.717) is 0 Å². The third-order valence-electron chi connectivity index (χ3n) is 2.06. The molecule has 0 radical (unpaired) electrons. The van der Waals surface area contributed by atoms with Crippen LogP contribution in [0, 0.1) is 11.3 Å². The van der Waals surface area contributed by atoms with Crippen molar-refractivity contribution >= 4 is 27.6 Å². The normalized spacial score (nSPS) is 10.7. The molecule has 0 bridgehead atoms. The van der Waals surface area contributed by atoms with Crippen LogP contribution in [0.4, 0.5) is 5.95 Å². The number of hydrogen-bond acceptors (Lipinski definition) is 6. The van der Waals surface area contributed by atoms with Crippen molar-refractivity contribution in [3.8, 4) is 6.07 Å². The summed E-state index contributed by atoms with van der Waals surface area (Å²) in [6, 6.07) is 5.75. The van der Waals surface area contributed by atoms with E-state index in [4.69, 9.17) is 16.9 Å². The maximum Gasteiger partial charge on any atom is 0.265 e. The van der Waals surface area contributed by atoms with E-state index in [1.165, 1.54) is 30.6 Å². The van der Waals surface area contributed by atoms with Crippen molar-refractivity contribution in [1.82, 2.24) is 15.2 Å². The smallest absolute Gasteiger partial charge is 0.246 e. The van der Waals surface area contributed by atoms with E-state index in [0.717, 1.165) is 0 Å². The maximum absolute atomic E-state index is 12.1. The molecule has 2 rings (SSSR count). The Kier molecular flexibility index (Phi) is 3.59. The van der Waals surface area contributed by atoms with Gasteiger partial charge in [0.1, 0.15) is 4.90 Å². The van der Waals surface area contributed by atoms with Crippen molar-refractivity contribution in [2.24, 2.45) is 0 Å². The number of rotatable bonds is 3. The molecule has 7 nitrogen and oxygen atoms in total.